The number of rotatable bonds is 5. The zero-order valence-corrected chi connectivity index (χ0v) is 14.4. The molecule has 0 saturated carbocycles. The number of benzene rings is 2. The second-order valence-corrected chi connectivity index (χ2v) is 6.33. The van der Waals surface area contributed by atoms with Crippen LogP contribution >= 0.6 is 11.3 Å². The first-order valence-corrected chi connectivity index (χ1v) is 8.47. The molecule has 1 aromatic heterocycles. The number of amides is 1. The minimum atomic E-state index is -0.0682. The number of aryl methyl sites for hydroxylation is 1. The van der Waals surface area contributed by atoms with Crippen molar-refractivity contribution in [3.8, 4) is 16.3 Å². The monoisotopic (exact) mass is 338 g/mol. The molecule has 3 aromatic rings. The summed E-state index contributed by atoms with van der Waals surface area (Å²) in [5, 5.41) is 5.69. The minimum Gasteiger partial charge on any atom is -0.497 e. The number of hydrogen-bond acceptors (Lipinski definition) is 4. The Bertz CT molecular complexity index is 841. The average Bonchev–Trinajstić information content (AvgIpc) is 3.05. The van der Waals surface area contributed by atoms with Crippen molar-refractivity contribution in [3.05, 3.63) is 65.2 Å². The van der Waals surface area contributed by atoms with Crippen molar-refractivity contribution in [3.63, 3.8) is 0 Å². The lowest BCUT2D eigenvalue weighted by molar-refractivity contribution is -0.115. The van der Waals surface area contributed by atoms with Gasteiger partial charge in [-0.3, -0.25) is 4.79 Å². The summed E-state index contributed by atoms with van der Waals surface area (Å²) in [6, 6.07) is 15.5. The summed E-state index contributed by atoms with van der Waals surface area (Å²) in [7, 11) is 1.64. The Morgan fingerprint density at radius 2 is 2.00 bits per heavy atom. The molecule has 0 radical (unpaired) electrons. The molecular formula is C19H18N2O2S. The molecule has 0 bridgehead atoms. The van der Waals surface area contributed by atoms with Gasteiger partial charge < -0.3 is 10.1 Å². The third kappa shape index (κ3) is 4.00. The molecule has 1 heterocycles. The molecule has 122 valence electrons. The Morgan fingerprint density at radius 3 is 2.75 bits per heavy atom. The normalized spacial score (nSPS) is 10.4. The molecule has 0 saturated heterocycles. The lowest BCUT2D eigenvalue weighted by atomic mass is 10.2. The molecule has 0 aliphatic heterocycles. The molecule has 1 amide bonds. The van der Waals surface area contributed by atoms with Gasteiger partial charge in [0.25, 0.3) is 0 Å². The van der Waals surface area contributed by atoms with Crippen LogP contribution in [0.5, 0.6) is 5.75 Å². The summed E-state index contributed by atoms with van der Waals surface area (Å²) in [6.07, 6.45) is 0.258. The fourth-order valence-electron chi connectivity index (χ4n) is 2.28. The van der Waals surface area contributed by atoms with Crippen molar-refractivity contribution in [2.24, 2.45) is 0 Å². The van der Waals surface area contributed by atoms with E-state index in [1.54, 1.807) is 7.11 Å². The quantitative estimate of drug-likeness (QED) is 0.754. The highest BCUT2D eigenvalue weighted by atomic mass is 32.1. The zero-order chi connectivity index (χ0) is 16.9. The van der Waals surface area contributed by atoms with E-state index in [0.717, 1.165) is 33.3 Å². The van der Waals surface area contributed by atoms with E-state index in [2.05, 4.69) is 10.3 Å². The molecule has 0 atom stereocenters. The van der Waals surface area contributed by atoms with E-state index in [0.29, 0.717) is 0 Å². The SMILES string of the molecule is COc1cccc(-c2nc(CC(=O)Nc3ccc(C)cc3)cs2)c1. The second kappa shape index (κ2) is 7.27. The summed E-state index contributed by atoms with van der Waals surface area (Å²) >= 11 is 1.53. The number of hydrogen-bond donors (Lipinski definition) is 1. The van der Waals surface area contributed by atoms with E-state index in [1.807, 2.05) is 60.8 Å². The zero-order valence-electron chi connectivity index (χ0n) is 13.6. The molecule has 0 fully saturated rings. The van der Waals surface area contributed by atoms with Crippen molar-refractivity contribution in [2.75, 3.05) is 12.4 Å². The van der Waals surface area contributed by atoms with Gasteiger partial charge in [0, 0.05) is 16.6 Å². The van der Waals surface area contributed by atoms with Gasteiger partial charge in [-0.2, -0.15) is 0 Å². The van der Waals surface area contributed by atoms with E-state index in [4.69, 9.17) is 4.74 Å². The number of carbonyl (C=O) groups is 1. The number of nitrogens with zero attached hydrogens (tertiary/aromatic N) is 1. The fourth-order valence-corrected chi connectivity index (χ4v) is 3.10. The van der Waals surface area contributed by atoms with Gasteiger partial charge >= 0.3 is 0 Å². The first-order valence-electron chi connectivity index (χ1n) is 7.59. The van der Waals surface area contributed by atoms with E-state index in [1.165, 1.54) is 11.3 Å². The van der Waals surface area contributed by atoms with E-state index in [-0.39, 0.29) is 12.3 Å². The highest BCUT2D eigenvalue weighted by Gasteiger charge is 2.10. The van der Waals surface area contributed by atoms with Gasteiger partial charge in [0.05, 0.1) is 19.2 Å². The number of thiazole rings is 1. The van der Waals surface area contributed by atoms with Gasteiger partial charge in [-0.25, -0.2) is 4.98 Å². The molecule has 0 spiro atoms. The summed E-state index contributed by atoms with van der Waals surface area (Å²) in [5.41, 5.74) is 3.72. The lowest BCUT2D eigenvalue weighted by Gasteiger charge is -2.04. The summed E-state index contributed by atoms with van der Waals surface area (Å²) in [4.78, 5) is 16.7. The molecule has 2 aromatic carbocycles. The Balaban J connectivity index is 1.67. The van der Waals surface area contributed by atoms with Crippen LogP contribution < -0.4 is 10.1 Å². The fraction of sp³-hybridized carbons (Fsp3) is 0.158. The number of nitrogens with one attached hydrogen (secondary N) is 1. The third-order valence-electron chi connectivity index (χ3n) is 3.55. The number of ether oxygens (including phenoxy) is 1. The van der Waals surface area contributed by atoms with Gasteiger partial charge in [0.2, 0.25) is 5.91 Å². The van der Waals surface area contributed by atoms with Gasteiger partial charge in [-0.1, -0.05) is 29.8 Å². The maximum absolute atomic E-state index is 12.1. The highest BCUT2D eigenvalue weighted by Crippen LogP contribution is 2.27. The largest absolute Gasteiger partial charge is 0.497 e. The van der Waals surface area contributed by atoms with Crippen LogP contribution in [0.3, 0.4) is 0 Å². The smallest absolute Gasteiger partial charge is 0.230 e. The van der Waals surface area contributed by atoms with Crippen molar-refractivity contribution in [1.82, 2.24) is 4.98 Å². The van der Waals surface area contributed by atoms with Crippen LogP contribution in [0.1, 0.15) is 11.3 Å². The van der Waals surface area contributed by atoms with Crippen LogP contribution in [-0.4, -0.2) is 18.0 Å². The molecule has 0 aliphatic carbocycles. The number of carbonyl (C=O) groups excluding carboxylic acids is 1. The van der Waals surface area contributed by atoms with Crippen molar-refractivity contribution in [1.29, 1.82) is 0 Å². The van der Waals surface area contributed by atoms with Crippen LogP contribution in [0.15, 0.2) is 53.9 Å². The molecule has 3 rings (SSSR count). The Morgan fingerprint density at radius 1 is 1.21 bits per heavy atom. The van der Waals surface area contributed by atoms with Crippen LogP contribution in [0.4, 0.5) is 5.69 Å². The summed E-state index contributed by atoms with van der Waals surface area (Å²) in [5.74, 6) is 0.725. The molecule has 0 aliphatic rings. The second-order valence-electron chi connectivity index (χ2n) is 5.47. The standard InChI is InChI=1S/C19H18N2O2S/c1-13-6-8-15(9-7-13)20-18(22)11-16-12-24-19(21-16)14-4-3-5-17(10-14)23-2/h3-10,12H,11H2,1-2H3,(H,20,22). The van der Waals surface area contributed by atoms with E-state index < -0.39 is 0 Å². The molecule has 24 heavy (non-hydrogen) atoms. The number of anilines is 1. The summed E-state index contributed by atoms with van der Waals surface area (Å²) in [6.45, 7) is 2.01. The van der Waals surface area contributed by atoms with Gasteiger partial charge in [0.15, 0.2) is 0 Å². The topological polar surface area (TPSA) is 51.2 Å². The molecule has 4 nitrogen and oxygen atoms in total. The lowest BCUT2D eigenvalue weighted by Crippen LogP contribution is -2.14. The van der Waals surface area contributed by atoms with E-state index in [9.17, 15) is 4.79 Å². The predicted molar refractivity (Wildman–Crippen MR) is 97.6 cm³/mol. The van der Waals surface area contributed by atoms with Crippen LogP contribution in [-0.2, 0) is 11.2 Å². The maximum atomic E-state index is 12.1. The van der Waals surface area contributed by atoms with Crippen LogP contribution in [0, 0.1) is 6.92 Å². The third-order valence-corrected chi connectivity index (χ3v) is 4.49. The van der Waals surface area contributed by atoms with Gasteiger partial charge in [0.1, 0.15) is 10.8 Å². The van der Waals surface area contributed by atoms with Gasteiger partial charge in [-0.05, 0) is 31.2 Å². The first-order chi connectivity index (χ1) is 11.6. The minimum absolute atomic E-state index is 0.0682. The van der Waals surface area contributed by atoms with Crippen LogP contribution in [0.25, 0.3) is 10.6 Å². The molecular weight excluding hydrogens is 320 g/mol. The van der Waals surface area contributed by atoms with Crippen molar-refractivity contribution < 1.29 is 9.53 Å². The number of aromatic nitrogens is 1. The van der Waals surface area contributed by atoms with E-state index >= 15 is 0 Å². The molecule has 1 N–H and O–H groups in total. The molecule has 0 unspecified atom stereocenters. The Hall–Kier alpha value is -2.66. The highest BCUT2D eigenvalue weighted by molar-refractivity contribution is 7.13. The molecule has 5 heteroatoms. The average molecular weight is 338 g/mol. The number of methoxy groups -OCH3 is 1. The van der Waals surface area contributed by atoms with Crippen molar-refractivity contribution >= 4 is 22.9 Å². The maximum Gasteiger partial charge on any atom is 0.230 e. The summed E-state index contributed by atoms with van der Waals surface area (Å²) < 4.78 is 5.24. The Labute approximate surface area is 145 Å². The van der Waals surface area contributed by atoms with Crippen molar-refractivity contribution in [2.45, 2.75) is 13.3 Å². The Kier molecular flexibility index (Phi) is 4.91. The predicted octanol–water partition coefficient (Wildman–Crippen LogP) is 4.31. The van der Waals surface area contributed by atoms with Crippen LogP contribution in [0.2, 0.25) is 0 Å². The van der Waals surface area contributed by atoms with Gasteiger partial charge in [-0.15, -0.1) is 11.3 Å². The first kappa shape index (κ1) is 16.2.